The molecule has 1 unspecified atom stereocenters. The van der Waals surface area contributed by atoms with Gasteiger partial charge in [-0.2, -0.15) is 0 Å². The number of nitrogens with one attached hydrogen (secondary N) is 1. The van der Waals surface area contributed by atoms with Crippen LogP contribution in [0.1, 0.15) is 22.9 Å². The maximum atomic E-state index is 5.78. The molecule has 2 heterocycles. The van der Waals surface area contributed by atoms with E-state index in [9.17, 15) is 0 Å². The van der Waals surface area contributed by atoms with Crippen LogP contribution in [-0.2, 0) is 0 Å². The lowest BCUT2D eigenvalue weighted by molar-refractivity contribution is 0.621. The molecule has 19 heavy (non-hydrogen) atoms. The third-order valence-electron chi connectivity index (χ3n) is 3.31. The minimum atomic E-state index is -0.0800. The minimum absolute atomic E-state index is 0.0800. The SMILES string of the molecule is Cc1cccnc1C(NN)c1cccc2ccsc12. The summed E-state index contributed by atoms with van der Waals surface area (Å²) in [6, 6.07) is 12.3. The molecule has 0 spiro atoms. The van der Waals surface area contributed by atoms with Gasteiger partial charge in [0.05, 0.1) is 11.7 Å². The first-order valence-corrected chi connectivity index (χ1v) is 7.03. The molecule has 3 N–H and O–H groups in total. The molecule has 2 aromatic heterocycles. The molecule has 4 heteroatoms. The standard InChI is InChI=1S/C15H15N3S/c1-10-4-3-8-17-13(10)14(18-16)12-6-2-5-11-7-9-19-15(11)12/h2-9,14,18H,16H2,1H3. The van der Waals surface area contributed by atoms with Crippen molar-refractivity contribution in [2.75, 3.05) is 0 Å². The van der Waals surface area contributed by atoms with Gasteiger partial charge in [0, 0.05) is 10.9 Å². The van der Waals surface area contributed by atoms with Gasteiger partial charge in [0.2, 0.25) is 0 Å². The molecule has 1 aromatic carbocycles. The average molecular weight is 269 g/mol. The van der Waals surface area contributed by atoms with E-state index >= 15 is 0 Å². The van der Waals surface area contributed by atoms with E-state index in [4.69, 9.17) is 5.84 Å². The van der Waals surface area contributed by atoms with Gasteiger partial charge in [-0.3, -0.25) is 10.8 Å². The van der Waals surface area contributed by atoms with Crippen molar-refractivity contribution in [3.05, 3.63) is 64.8 Å². The predicted molar refractivity (Wildman–Crippen MR) is 80.0 cm³/mol. The van der Waals surface area contributed by atoms with Crippen molar-refractivity contribution in [1.29, 1.82) is 0 Å². The van der Waals surface area contributed by atoms with Crippen LogP contribution in [0.5, 0.6) is 0 Å². The van der Waals surface area contributed by atoms with Gasteiger partial charge in [-0.15, -0.1) is 11.3 Å². The summed E-state index contributed by atoms with van der Waals surface area (Å²) in [4.78, 5) is 4.48. The Bertz CT molecular complexity index is 705. The van der Waals surface area contributed by atoms with Crippen LogP contribution in [0.25, 0.3) is 10.1 Å². The second-order valence-corrected chi connectivity index (χ2v) is 5.41. The maximum absolute atomic E-state index is 5.78. The molecule has 0 aliphatic rings. The van der Waals surface area contributed by atoms with Crippen molar-refractivity contribution in [1.82, 2.24) is 10.4 Å². The second kappa shape index (κ2) is 5.09. The Balaban J connectivity index is 2.18. The molecule has 96 valence electrons. The summed E-state index contributed by atoms with van der Waals surface area (Å²) in [5.74, 6) is 5.78. The maximum Gasteiger partial charge on any atom is 0.0897 e. The van der Waals surface area contributed by atoms with E-state index in [-0.39, 0.29) is 6.04 Å². The first-order valence-electron chi connectivity index (χ1n) is 6.15. The Labute approximate surface area is 116 Å². The zero-order chi connectivity index (χ0) is 13.2. The Morgan fingerprint density at radius 2 is 2.11 bits per heavy atom. The quantitative estimate of drug-likeness (QED) is 0.567. The van der Waals surface area contributed by atoms with Crippen LogP contribution in [-0.4, -0.2) is 4.98 Å². The lowest BCUT2D eigenvalue weighted by Crippen LogP contribution is -2.30. The number of rotatable bonds is 3. The highest BCUT2D eigenvalue weighted by molar-refractivity contribution is 7.17. The molecule has 0 aliphatic heterocycles. The zero-order valence-corrected chi connectivity index (χ0v) is 11.4. The van der Waals surface area contributed by atoms with Crippen LogP contribution >= 0.6 is 11.3 Å². The van der Waals surface area contributed by atoms with Gasteiger partial charge in [-0.25, -0.2) is 5.43 Å². The summed E-state index contributed by atoms with van der Waals surface area (Å²) in [5, 5.41) is 3.35. The van der Waals surface area contributed by atoms with Gasteiger partial charge >= 0.3 is 0 Å². The molecule has 3 nitrogen and oxygen atoms in total. The highest BCUT2D eigenvalue weighted by atomic mass is 32.1. The number of nitrogens with two attached hydrogens (primary N) is 1. The number of thiophene rings is 1. The van der Waals surface area contributed by atoms with E-state index in [1.54, 1.807) is 17.5 Å². The van der Waals surface area contributed by atoms with Gasteiger partial charge in [0.15, 0.2) is 0 Å². The van der Waals surface area contributed by atoms with E-state index in [0.717, 1.165) is 11.3 Å². The predicted octanol–water partition coefficient (Wildman–Crippen LogP) is 3.16. The number of benzene rings is 1. The number of nitrogens with zero attached hydrogens (tertiary/aromatic N) is 1. The monoisotopic (exact) mass is 269 g/mol. The van der Waals surface area contributed by atoms with Gasteiger partial charge < -0.3 is 0 Å². The number of fused-ring (bicyclic) bond motifs is 1. The fraction of sp³-hybridized carbons (Fsp3) is 0.133. The molecular formula is C15H15N3S. The summed E-state index contributed by atoms with van der Waals surface area (Å²) in [5.41, 5.74) is 6.19. The van der Waals surface area contributed by atoms with Crippen molar-refractivity contribution in [3.8, 4) is 0 Å². The largest absolute Gasteiger partial charge is 0.271 e. The Morgan fingerprint density at radius 1 is 1.21 bits per heavy atom. The first-order chi connectivity index (χ1) is 9.31. The van der Waals surface area contributed by atoms with Gasteiger partial charge in [-0.05, 0) is 40.9 Å². The van der Waals surface area contributed by atoms with Crippen LogP contribution in [0.4, 0.5) is 0 Å². The van der Waals surface area contributed by atoms with Crippen LogP contribution in [0.15, 0.2) is 48.0 Å². The van der Waals surface area contributed by atoms with Crippen LogP contribution in [0.3, 0.4) is 0 Å². The number of aromatic nitrogens is 1. The zero-order valence-electron chi connectivity index (χ0n) is 10.6. The number of pyridine rings is 1. The topological polar surface area (TPSA) is 50.9 Å². The Morgan fingerprint density at radius 3 is 2.89 bits per heavy atom. The lowest BCUT2D eigenvalue weighted by atomic mass is 9.99. The van der Waals surface area contributed by atoms with E-state index in [1.807, 2.05) is 6.07 Å². The number of hydrogen-bond donors (Lipinski definition) is 2. The molecule has 3 aromatic rings. The first kappa shape index (κ1) is 12.3. The van der Waals surface area contributed by atoms with E-state index in [2.05, 4.69) is 53.0 Å². The molecule has 0 radical (unpaired) electrons. The smallest absolute Gasteiger partial charge is 0.0897 e. The molecule has 0 amide bonds. The third kappa shape index (κ3) is 2.14. The molecule has 0 saturated carbocycles. The van der Waals surface area contributed by atoms with Crippen molar-refractivity contribution < 1.29 is 0 Å². The summed E-state index contributed by atoms with van der Waals surface area (Å²) in [6.45, 7) is 2.06. The molecule has 0 saturated heterocycles. The van der Waals surface area contributed by atoms with Gasteiger partial charge in [0.1, 0.15) is 0 Å². The molecule has 0 aliphatic carbocycles. The molecule has 0 bridgehead atoms. The highest BCUT2D eigenvalue weighted by Crippen LogP contribution is 2.32. The van der Waals surface area contributed by atoms with E-state index in [1.165, 1.54) is 15.6 Å². The molecule has 0 fully saturated rings. The highest BCUT2D eigenvalue weighted by Gasteiger charge is 2.18. The Hall–Kier alpha value is -1.75. The van der Waals surface area contributed by atoms with Gasteiger partial charge in [-0.1, -0.05) is 24.3 Å². The normalized spacial score (nSPS) is 12.7. The van der Waals surface area contributed by atoms with Crippen molar-refractivity contribution in [3.63, 3.8) is 0 Å². The number of hydrazine groups is 1. The second-order valence-electron chi connectivity index (χ2n) is 4.49. The van der Waals surface area contributed by atoms with Gasteiger partial charge in [0.25, 0.3) is 0 Å². The summed E-state index contributed by atoms with van der Waals surface area (Å²) in [6.07, 6.45) is 1.81. The molecular weight excluding hydrogens is 254 g/mol. The third-order valence-corrected chi connectivity index (χ3v) is 4.29. The van der Waals surface area contributed by atoms with E-state index < -0.39 is 0 Å². The summed E-state index contributed by atoms with van der Waals surface area (Å²) < 4.78 is 1.26. The van der Waals surface area contributed by atoms with Crippen molar-refractivity contribution in [2.45, 2.75) is 13.0 Å². The van der Waals surface area contributed by atoms with Crippen LogP contribution < -0.4 is 11.3 Å². The van der Waals surface area contributed by atoms with Crippen molar-refractivity contribution >= 4 is 21.4 Å². The van der Waals surface area contributed by atoms with E-state index in [0.29, 0.717) is 0 Å². The average Bonchev–Trinajstić information content (AvgIpc) is 2.91. The van der Waals surface area contributed by atoms with Crippen LogP contribution in [0, 0.1) is 6.92 Å². The Kier molecular flexibility index (Phi) is 3.29. The lowest BCUT2D eigenvalue weighted by Gasteiger charge is -2.18. The fourth-order valence-corrected chi connectivity index (χ4v) is 3.30. The summed E-state index contributed by atoms with van der Waals surface area (Å²) in [7, 11) is 0. The van der Waals surface area contributed by atoms with Crippen molar-refractivity contribution in [2.24, 2.45) is 5.84 Å². The fourth-order valence-electron chi connectivity index (χ4n) is 2.36. The summed E-state index contributed by atoms with van der Waals surface area (Å²) >= 11 is 1.73. The number of hydrogen-bond acceptors (Lipinski definition) is 4. The molecule has 1 atom stereocenters. The van der Waals surface area contributed by atoms with Crippen LogP contribution in [0.2, 0.25) is 0 Å². The molecule has 3 rings (SSSR count). The number of aryl methyl sites for hydroxylation is 1. The minimum Gasteiger partial charge on any atom is -0.271 e.